The van der Waals surface area contributed by atoms with Crippen molar-refractivity contribution in [3.05, 3.63) is 133 Å². The zero-order valence-electron chi connectivity index (χ0n) is 15.9. The summed E-state index contributed by atoms with van der Waals surface area (Å²) in [4.78, 5) is 0. The summed E-state index contributed by atoms with van der Waals surface area (Å²) >= 11 is 0. The Morgan fingerprint density at radius 1 is 0.464 bits per heavy atom. The Bertz CT molecular complexity index is 910. The van der Waals surface area contributed by atoms with Crippen LogP contribution in [0.3, 0.4) is 0 Å². The van der Waals surface area contributed by atoms with Crippen LogP contribution in [0.15, 0.2) is 127 Å². The smallest absolute Gasteiger partial charge is 0.0622 e. The highest BCUT2D eigenvalue weighted by Gasteiger charge is 2.43. The molecule has 0 aromatic heterocycles. The first-order valence-corrected chi connectivity index (χ1v) is 11.6. The molecule has 0 N–H and O–H groups in total. The summed E-state index contributed by atoms with van der Waals surface area (Å²) in [6, 6.07) is 43.6. The van der Waals surface area contributed by atoms with E-state index >= 15 is 0 Å². The van der Waals surface area contributed by atoms with E-state index in [1.54, 1.807) is 0 Å². The first-order chi connectivity index (χ1) is 13.9. The maximum Gasteiger partial charge on any atom is 0.115 e. The zero-order valence-corrected chi connectivity index (χ0v) is 16.8. The van der Waals surface area contributed by atoms with Crippen molar-refractivity contribution in [3.8, 4) is 0 Å². The van der Waals surface area contributed by atoms with Crippen LogP contribution in [0.5, 0.6) is 0 Å². The van der Waals surface area contributed by atoms with Crippen molar-refractivity contribution < 1.29 is 0 Å². The monoisotopic (exact) mass is 379 g/mol. The van der Waals surface area contributed by atoms with Gasteiger partial charge < -0.3 is 0 Å². The van der Waals surface area contributed by atoms with Gasteiger partial charge in [-0.2, -0.15) is 0 Å². The quantitative estimate of drug-likeness (QED) is 0.377. The maximum atomic E-state index is 2.36. The molecule has 0 bridgehead atoms. The van der Waals surface area contributed by atoms with E-state index in [9.17, 15) is 0 Å². The summed E-state index contributed by atoms with van der Waals surface area (Å²) in [5.41, 5.74) is 1.25. The number of hydrogen-bond acceptors (Lipinski definition) is 0. The second-order valence-electron chi connectivity index (χ2n) is 6.81. The largest absolute Gasteiger partial charge is 0.115 e. The van der Waals surface area contributed by atoms with Crippen LogP contribution in [0.2, 0.25) is 0 Å². The van der Waals surface area contributed by atoms with Gasteiger partial charge in [0, 0.05) is 0 Å². The second-order valence-corrected chi connectivity index (χ2v) is 10.3. The topological polar surface area (TPSA) is 0 Å². The van der Waals surface area contributed by atoms with Gasteiger partial charge in [-0.15, -0.1) is 0 Å². The molecule has 0 heterocycles. The van der Waals surface area contributed by atoms with Crippen molar-refractivity contribution in [3.63, 3.8) is 0 Å². The summed E-state index contributed by atoms with van der Waals surface area (Å²) < 4.78 is 0. The van der Waals surface area contributed by atoms with Gasteiger partial charge >= 0.3 is 0 Å². The Morgan fingerprint density at radius 2 is 0.821 bits per heavy atom. The first-order valence-electron chi connectivity index (χ1n) is 9.66. The lowest BCUT2D eigenvalue weighted by molar-refractivity contribution is 1.63. The summed E-state index contributed by atoms with van der Waals surface area (Å²) in [5.74, 6) is 0. The fraction of sp³-hybridized carbons (Fsp3) is 0.0370. The van der Waals surface area contributed by atoms with Crippen LogP contribution in [0.25, 0.3) is 6.08 Å². The van der Waals surface area contributed by atoms with Gasteiger partial charge in [0.05, 0.1) is 6.16 Å². The molecule has 1 heteroatoms. The Hall–Kier alpha value is -2.95. The normalized spacial score (nSPS) is 11.6. The first kappa shape index (κ1) is 18.4. The van der Waals surface area contributed by atoms with E-state index in [-0.39, 0.29) is 0 Å². The van der Waals surface area contributed by atoms with Gasteiger partial charge in [-0.05, 0) is 48.0 Å². The Balaban J connectivity index is 1.87. The molecule has 0 amide bonds. The van der Waals surface area contributed by atoms with E-state index in [0.29, 0.717) is 0 Å². The lowest BCUT2D eigenvalue weighted by Gasteiger charge is -2.26. The Labute approximate surface area is 168 Å². The van der Waals surface area contributed by atoms with Crippen molar-refractivity contribution in [1.29, 1.82) is 0 Å². The molecule has 0 spiro atoms. The SMILES string of the molecule is C(=C\c1ccccc1)/C[P+](c1ccccc1)(c1ccccc1)c1ccccc1. The molecule has 0 aliphatic heterocycles. The van der Waals surface area contributed by atoms with E-state index < -0.39 is 7.26 Å². The van der Waals surface area contributed by atoms with Gasteiger partial charge in [0.25, 0.3) is 0 Å². The van der Waals surface area contributed by atoms with E-state index in [2.05, 4.69) is 133 Å². The van der Waals surface area contributed by atoms with Gasteiger partial charge in [0.2, 0.25) is 0 Å². The fourth-order valence-electron chi connectivity index (χ4n) is 3.72. The molecular weight excluding hydrogens is 355 g/mol. The molecule has 136 valence electrons. The molecule has 28 heavy (non-hydrogen) atoms. The minimum absolute atomic E-state index is 1.000. The highest BCUT2D eigenvalue weighted by atomic mass is 31.2. The third-order valence-corrected chi connectivity index (χ3v) is 9.38. The van der Waals surface area contributed by atoms with Crippen molar-refractivity contribution in [2.75, 3.05) is 6.16 Å². The van der Waals surface area contributed by atoms with E-state index in [4.69, 9.17) is 0 Å². The Kier molecular flexibility index (Phi) is 5.80. The standard InChI is InChI=1S/C27H24P/c1-5-14-24(15-6-1)16-13-23-28(25-17-7-2-8-18-25,26-19-9-3-10-20-26)27-21-11-4-12-22-27/h1-22H,23H2/q+1/b16-13+. The van der Waals surface area contributed by atoms with Crippen LogP contribution in [0.4, 0.5) is 0 Å². The third-order valence-electron chi connectivity index (χ3n) is 5.08. The molecule has 0 aliphatic carbocycles. The second kappa shape index (κ2) is 8.83. The van der Waals surface area contributed by atoms with E-state index in [1.807, 2.05) is 0 Å². The van der Waals surface area contributed by atoms with Crippen LogP contribution < -0.4 is 15.9 Å². The minimum atomic E-state index is -1.78. The summed E-state index contributed by atoms with van der Waals surface area (Å²) in [6.45, 7) is 0. The summed E-state index contributed by atoms with van der Waals surface area (Å²) in [5, 5.41) is 4.26. The molecule has 0 nitrogen and oxygen atoms in total. The van der Waals surface area contributed by atoms with Gasteiger partial charge in [0.1, 0.15) is 23.2 Å². The van der Waals surface area contributed by atoms with Gasteiger partial charge in [-0.1, -0.05) is 91.0 Å². The van der Waals surface area contributed by atoms with Crippen molar-refractivity contribution in [2.45, 2.75) is 0 Å². The minimum Gasteiger partial charge on any atom is -0.0622 e. The third kappa shape index (κ3) is 3.84. The zero-order chi connectivity index (χ0) is 19.1. The molecule has 0 aliphatic rings. The molecule has 0 saturated heterocycles. The summed E-state index contributed by atoms with van der Waals surface area (Å²) in [7, 11) is -1.78. The van der Waals surface area contributed by atoms with Crippen molar-refractivity contribution in [2.24, 2.45) is 0 Å². The lowest BCUT2D eigenvalue weighted by Crippen LogP contribution is -2.32. The number of benzene rings is 4. The maximum absolute atomic E-state index is 2.36. The van der Waals surface area contributed by atoms with Gasteiger partial charge in [-0.25, -0.2) is 0 Å². The molecule has 0 unspecified atom stereocenters. The molecule has 4 aromatic carbocycles. The lowest BCUT2D eigenvalue weighted by atomic mass is 10.2. The van der Waals surface area contributed by atoms with Crippen molar-refractivity contribution in [1.82, 2.24) is 0 Å². The van der Waals surface area contributed by atoms with E-state index in [1.165, 1.54) is 21.5 Å². The molecule has 4 rings (SSSR count). The molecular formula is C27H24P+. The van der Waals surface area contributed by atoms with E-state index in [0.717, 1.165) is 6.16 Å². The average molecular weight is 379 g/mol. The van der Waals surface area contributed by atoms with Gasteiger partial charge in [0.15, 0.2) is 0 Å². The average Bonchev–Trinajstić information content (AvgIpc) is 2.79. The van der Waals surface area contributed by atoms with Crippen LogP contribution >= 0.6 is 7.26 Å². The highest BCUT2D eigenvalue weighted by Crippen LogP contribution is 2.55. The van der Waals surface area contributed by atoms with Crippen LogP contribution in [0, 0.1) is 0 Å². The van der Waals surface area contributed by atoms with Crippen LogP contribution in [-0.4, -0.2) is 6.16 Å². The van der Waals surface area contributed by atoms with Crippen LogP contribution in [-0.2, 0) is 0 Å². The highest BCUT2D eigenvalue weighted by molar-refractivity contribution is 7.95. The molecule has 0 fully saturated rings. The molecule has 0 radical (unpaired) electrons. The number of allylic oxidation sites excluding steroid dienone is 1. The van der Waals surface area contributed by atoms with Crippen molar-refractivity contribution >= 4 is 29.3 Å². The number of hydrogen-bond donors (Lipinski definition) is 0. The van der Waals surface area contributed by atoms with Gasteiger partial charge in [-0.3, -0.25) is 0 Å². The van der Waals surface area contributed by atoms with Crippen LogP contribution in [0.1, 0.15) is 5.56 Å². The predicted octanol–water partition coefficient (Wildman–Crippen LogP) is 5.69. The molecule has 0 saturated carbocycles. The fourth-order valence-corrected chi connectivity index (χ4v) is 7.71. The molecule has 0 atom stereocenters. The molecule has 4 aromatic rings. The number of rotatable bonds is 6. The predicted molar refractivity (Wildman–Crippen MR) is 125 cm³/mol. The summed E-state index contributed by atoms with van der Waals surface area (Å²) in [6.07, 6.45) is 5.61. The Morgan fingerprint density at radius 3 is 1.21 bits per heavy atom.